The third kappa shape index (κ3) is 10.5. The van der Waals surface area contributed by atoms with Gasteiger partial charge in [0.1, 0.15) is 31.0 Å². The predicted molar refractivity (Wildman–Crippen MR) is 290 cm³/mol. The Kier molecular flexibility index (Phi) is 14.8. The molecular formula is C64H80O14. The maximum Gasteiger partial charge on any atom is 0.339 e. The van der Waals surface area contributed by atoms with Crippen molar-refractivity contribution >= 4 is 33.5 Å². The van der Waals surface area contributed by atoms with Gasteiger partial charge in [0.05, 0.1) is 109 Å². The lowest BCUT2D eigenvalue weighted by atomic mass is 9.78. The van der Waals surface area contributed by atoms with E-state index in [0.717, 1.165) is 78.5 Å². The van der Waals surface area contributed by atoms with Gasteiger partial charge in [0.25, 0.3) is 0 Å². The Morgan fingerprint density at radius 3 is 2.15 bits per heavy atom. The average Bonchev–Trinajstić information content (AvgIpc) is 3.89. The van der Waals surface area contributed by atoms with Crippen LogP contribution in [0.1, 0.15) is 134 Å². The van der Waals surface area contributed by atoms with Crippen molar-refractivity contribution in [3.8, 4) is 0 Å². The van der Waals surface area contributed by atoms with E-state index in [1.165, 1.54) is 0 Å². The molecule has 3 aromatic carbocycles. The van der Waals surface area contributed by atoms with E-state index in [0.29, 0.717) is 50.0 Å². The van der Waals surface area contributed by atoms with Gasteiger partial charge in [-0.15, -0.1) is 0 Å². The molecule has 14 nitrogen and oxygen atoms in total. The van der Waals surface area contributed by atoms with Gasteiger partial charge in [0, 0.05) is 25.7 Å². The SMILES string of the molecule is C=C(COC(=O)c1c2ccccc2cc2ccccc12)C[C@@H]1CC(O)[C@@H]2O[C@@H]3C[C@]4(C)O[C@@H]5/C=C\C[C@@H]6O[C@H]7C(C/C=C\CC6OC5CCCC4OC3CC2O1)OC1CC2OC3CC(=O)O[C@H]3C[C@@H](C)C[C@@]2(C)O[C@H]1C[C@@H]7C. The molecule has 1 N–H and O–H groups in total. The molecule has 0 saturated carbocycles. The van der Waals surface area contributed by atoms with Crippen molar-refractivity contribution in [1.29, 1.82) is 0 Å². The summed E-state index contributed by atoms with van der Waals surface area (Å²) in [6.45, 7) is 13.2. The van der Waals surface area contributed by atoms with Crippen molar-refractivity contribution < 1.29 is 66.8 Å². The summed E-state index contributed by atoms with van der Waals surface area (Å²) in [5.41, 5.74) is 0.117. The van der Waals surface area contributed by atoms with Crippen molar-refractivity contribution in [2.45, 2.75) is 245 Å². The highest BCUT2D eigenvalue weighted by Crippen LogP contribution is 2.49. The minimum atomic E-state index is -0.745. The van der Waals surface area contributed by atoms with Gasteiger partial charge in [0.15, 0.2) is 0 Å². The molecular weight excluding hydrogens is 993 g/mol. The van der Waals surface area contributed by atoms with Gasteiger partial charge in [-0.1, -0.05) is 93.3 Å². The largest absolute Gasteiger partial charge is 0.459 e. The molecule has 78 heavy (non-hydrogen) atoms. The number of esters is 2. The highest BCUT2D eigenvalue weighted by molar-refractivity contribution is 6.16. The highest BCUT2D eigenvalue weighted by Gasteiger charge is 2.57. The molecule has 10 aliphatic heterocycles. The summed E-state index contributed by atoms with van der Waals surface area (Å²) in [6, 6.07) is 17.9. The van der Waals surface area contributed by atoms with Crippen molar-refractivity contribution in [2.75, 3.05) is 6.61 Å². The number of hydrogen-bond acceptors (Lipinski definition) is 14. The number of fused-ring (bicyclic) bond motifs is 11. The second-order valence-corrected chi connectivity index (χ2v) is 25.4. The molecule has 8 saturated heterocycles. The van der Waals surface area contributed by atoms with Crippen LogP contribution in [0.3, 0.4) is 0 Å². The zero-order valence-corrected chi connectivity index (χ0v) is 45.8. The molecule has 22 atom stereocenters. The fourth-order valence-electron chi connectivity index (χ4n) is 15.7. The van der Waals surface area contributed by atoms with Crippen LogP contribution in [0.5, 0.6) is 0 Å². The molecule has 0 aliphatic carbocycles. The molecule has 3 aromatic rings. The van der Waals surface area contributed by atoms with Gasteiger partial charge in [-0.3, -0.25) is 4.79 Å². The monoisotopic (exact) mass is 1070 g/mol. The molecule has 0 aromatic heterocycles. The number of ether oxygens (including phenoxy) is 11. The zero-order chi connectivity index (χ0) is 53.5. The van der Waals surface area contributed by atoms with Gasteiger partial charge in [0.2, 0.25) is 0 Å². The summed E-state index contributed by atoms with van der Waals surface area (Å²) < 4.78 is 75.0. The topological polar surface area (TPSA) is 156 Å². The van der Waals surface area contributed by atoms with Crippen LogP contribution in [0.25, 0.3) is 21.5 Å². The Bertz CT molecular complexity index is 2720. The van der Waals surface area contributed by atoms with E-state index >= 15 is 0 Å². The van der Waals surface area contributed by atoms with Crippen LogP contribution in [0.4, 0.5) is 0 Å². The van der Waals surface area contributed by atoms with E-state index in [2.05, 4.69) is 64.6 Å². The molecule has 10 aliphatic rings. The first-order valence-electron chi connectivity index (χ1n) is 29.6. The van der Waals surface area contributed by atoms with Crippen LogP contribution in [-0.2, 0) is 56.9 Å². The van der Waals surface area contributed by atoms with Crippen LogP contribution < -0.4 is 0 Å². The third-order valence-electron chi connectivity index (χ3n) is 19.4. The Morgan fingerprint density at radius 2 is 1.35 bits per heavy atom. The second-order valence-electron chi connectivity index (χ2n) is 25.4. The molecule has 0 amide bonds. The Labute approximate surface area is 458 Å². The molecule has 8 fully saturated rings. The average molecular weight is 1070 g/mol. The highest BCUT2D eigenvalue weighted by atomic mass is 16.6. The van der Waals surface area contributed by atoms with Crippen LogP contribution >= 0.6 is 0 Å². The number of rotatable bonds is 5. The number of benzene rings is 3. The summed E-state index contributed by atoms with van der Waals surface area (Å²) in [5, 5.41) is 15.3. The van der Waals surface area contributed by atoms with Crippen molar-refractivity contribution in [3.63, 3.8) is 0 Å². The summed E-state index contributed by atoms with van der Waals surface area (Å²) >= 11 is 0. The molecule has 0 bridgehead atoms. The van der Waals surface area contributed by atoms with Crippen molar-refractivity contribution in [1.82, 2.24) is 0 Å². The van der Waals surface area contributed by atoms with E-state index < -0.39 is 29.4 Å². The maximum atomic E-state index is 13.7. The third-order valence-corrected chi connectivity index (χ3v) is 19.4. The number of carbonyl (C=O) groups excluding carboxylic acids is 2. The zero-order valence-electron chi connectivity index (χ0n) is 45.8. The predicted octanol–water partition coefficient (Wildman–Crippen LogP) is 9.92. The number of hydrogen-bond donors (Lipinski definition) is 1. The minimum Gasteiger partial charge on any atom is -0.459 e. The lowest BCUT2D eigenvalue weighted by Crippen LogP contribution is -2.65. The maximum absolute atomic E-state index is 13.7. The Balaban J connectivity index is 0.635. The molecule has 10 heterocycles. The van der Waals surface area contributed by atoms with E-state index in [9.17, 15) is 14.7 Å². The minimum absolute atomic E-state index is 0.0486. The molecule has 420 valence electrons. The number of aliphatic hydroxyl groups excluding tert-OH is 1. The molecule has 0 radical (unpaired) electrons. The Morgan fingerprint density at radius 1 is 0.654 bits per heavy atom. The van der Waals surface area contributed by atoms with Gasteiger partial charge in [-0.05, 0) is 123 Å². The lowest BCUT2D eigenvalue weighted by Gasteiger charge is -2.55. The summed E-state index contributed by atoms with van der Waals surface area (Å²) in [5.74, 6) is -0.0819. The number of carbonyl (C=O) groups is 2. The van der Waals surface area contributed by atoms with E-state index in [1.807, 2.05) is 48.5 Å². The van der Waals surface area contributed by atoms with E-state index in [4.69, 9.17) is 52.1 Å². The lowest BCUT2D eigenvalue weighted by molar-refractivity contribution is -0.316. The smallest absolute Gasteiger partial charge is 0.339 e. The first kappa shape index (κ1) is 53.3. The fraction of sp³-hybridized carbons (Fsp3) is 0.656. The first-order valence-corrected chi connectivity index (χ1v) is 29.6. The normalized spacial score (nSPS) is 45.2. The van der Waals surface area contributed by atoms with Crippen LogP contribution in [0.2, 0.25) is 0 Å². The van der Waals surface area contributed by atoms with Crippen LogP contribution in [0, 0.1) is 11.8 Å². The van der Waals surface area contributed by atoms with E-state index in [-0.39, 0.29) is 123 Å². The Hall–Kier alpha value is -4.06. The quantitative estimate of drug-likeness (QED) is 0.146. The van der Waals surface area contributed by atoms with Crippen molar-refractivity contribution in [2.24, 2.45) is 11.8 Å². The van der Waals surface area contributed by atoms with Gasteiger partial charge in [-0.2, -0.15) is 0 Å². The number of aliphatic hydroxyl groups is 1. The first-order chi connectivity index (χ1) is 37.7. The fourth-order valence-corrected chi connectivity index (χ4v) is 15.7. The van der Waals surface area contributed by atoms with Gasteiger partial charge >= 0.3 is 11.9 Å². The summed E-state index contributed by atoms with van der Waals surface area (Å²) in [7, 11) is 0. The summed E-state index contributed by atoms with van der Waals surface area (Å²) in [6.07, 6.45) is 14.4. The molecule has 0 spiro atoms. The molecule has 10 unspecified atom stereocenters. The second kappa shape index (κ2) is 21.7. The van der Waals surface area contributed by atoms with Crippen LogP contribution in [0.15, 0.2) is 91.1 Å². The standard InChI is InChI=1S/C64H80O14/c1-35-25-49-52(31-58(66)74-49)73-57-30-51-53(78-63(57,4)32-35)26-37(3)60-48(71-51)19-11-10-18-44-45(75-60)20-12-22-47-46(70-44)21-13-23-56-64(5,77-47)33-55-50(72-56)29-54-61(76-55)43(65)28-40(69-54)24-36(2)34-68-62(67)59-41-16-8-6-14-38(41)27-39-15-7-9-17-42(39)59/h6-12,14-17,22,27,35,37,40,43-57,60-61,65H,2,13,18-21,23-26,28-34H2,1,3-5H3/b11-10-,22-12-/t35-,37+,40-,43?,44?,45+,46?,47-,48?,49+,50?,51?,52?,53+,54?,55-,56?,57?,60-,61+,63-,64+/m1/s1. The van der Waals surface area contributed by atoms with Gasteiger partial charge in [-0.25, -0.2) is 4.79 Å². The van der Waals surface area contributed by atoms with Crippen molar-refractivity contribution in [3.05, 3.63) is 96.6 Å². The van der Waals surface area contributed by atoms with E-state index in [1.54, 1.807) is 0 Å². The molecule has 13 rings (SSSR count). The molecule has 14 heteroatoms. The van der Waals surface area contributed by atoms with Gasteiger partial charge < -0.3 is 57.2 Å². The summed E-state index contributed by atoms with van der Waals surface area (Å²) in [4.78, 5) is 26.2. The van der Waals surface area contributed by atoms with Crippen LogP contribution in [-0.4, -0.2) is 145 Å².